The molecule has 1 aromatic carbocycles. The standard InChI is InChI=1S/C8H4Br2N/c9-7-5-11(10)8-4-2-1-3-6(7)8/h1-4H. The molecular formula is C8H4Br2N. The van der Waals surface area contributed by atoms with Crippen LogP contribution in [0.25, 0.3) is 10.9 Å². The van der Waals surface area contributed by atoms with Gasteiger partial charge >= 0.3 is 0 Å². The Kier molecular flexibility index (Phi) is 1.77. The normalized spacial score (nSPS) is 10.7. The molecule has 0 aliphatic carbocycles. The fourth-order valence-electron chi connectivity index (χ4n) is 1.04. The van der Waals surface area contributed by atoms with Gasteiger partial charge in [0.15, 0.2) is 0 Å². The van der Waals surface area contributed by atoms with E-state index in [1.807, 2.05) is 24.3 Å². The number of nitrogens with zero attached hydrogens (tertiary/aromatic N) is 1. The Labute approximate surface area is 81.5 Å². The van der Waals surface area contributed by atoms with E-state index in [1.54, 1.807) is 3.59 Å². The first-order valence-corrected chi connectivity index (χ1v) is 4.63. The van der Waals surface area contributed by atoms with Crippen LogP contribution in [0.15, 0.2) is 28.7 Å². The first-order chi connectivity index (χ1) is 5.29. The van der Waals surface area contributed by atoms with Crippen LogP contribution in [0.5, 0.6) is 0 Å². The Hall–Kier alpha value is -0.280. The van der Waals surface area contributed by atoms with Gasteiger partial charge in [-0.2, -0.15) is 0 Å². The molecule has 0 spiro atoms. The highest BCUT2D eigenvalue weighted by Gasteiger charge is 2.02. The minimum absolute atomic E-state index is 0.991. The SMILES string of the molecule is Brc1[c]n(Br)c2ccccc12. The molecule has 0 atom stereocenters. The lowest BCUT2D eigenvalue weighted by Crippen LogP contribution is -1.72. The van der Waals surface area contributed by atoms with Crippen molar-refractivity contribution >= 4 is 43.0 Å². The molecule has 2 rings (SSSR count). The fourth-order valence-corrected chi connectivity index (χ4v) is 2.27. The third-order valence-electron chi connectivity index (χ3n) is 1.55. The maximum absolute atomic E-state index is 3.41. The van der Waals surface area contributed by atoms with Gasteiger partial charge in [0.05, 0.1) is 32.3 Å². The Morgan fingerprint density at radius 1 is 1.27 bits per heavy atom. The molecule has 0 aliphatic rings. The lowest BCUT2D eigenvalue weighted by Gasteiger charge is -1.89. The second-order valence-electron chi connectivity index (χ2n) is 2.22. The van der Waals surface area contributed by atoms with Gasteiger partial charge in [-0.25, -0.2) is 0 Å². The molecule has 1 heterocycles. The molecule has 1 nitrogen and oxygen atoms in total. The van der Waals surface area contributed by atoms with Crippen molar-refractivity contribution < 1.29 is 0 Å². The molecule has 1 radical (unpaired) electrons. The fraction of sp³-hybridized carbons (Fsp3) is 0. The monoisotopic (exact) mass is 272 g/mol. The highest BCUT2D eigenvalue weighted by molar-refractivity contribution is 9.10. The van der Waals surface area contributed by atoms with E-state index < -0.39 is 0 Å². The van der Waals surface area contributed by atoms with Crippen LogP contribution in [-0.2, 0) is 0 Å². The van der Waals surface area contributed by atoms with Crippen LogP contribution in [0.3, 0.4) is 0 Å². The number of aromatic nitrogens is 1. The number of fused-ring (bicyclic) bond motifs is 1. The number of para-hydroxylation sites is 1. The van der Waals surface area contributed by atoms with Crippen molar-refractivity contribution in [3.8, 4) is 0 Å². The summed E-state index contributed by atoms with van der Waals surface area (Å²) in [6, 6.07) is 8.09. The lowest BCUT2D eigenvalue weighted by atomic mass is 10.3. The molecule has 0 saturated carbocycles. The summed E-state index contributed by atoms with van der Waals surface area (Å²) in [4.78, 5) is 0. The molecule has 1 aromatic heterocycles. The van der Waals surface area contributed by atoms with Gasteiger partial charge < -0.3 is 0 Å². The summed E-state index contributed by atoms with van der Waals surface area (Å²) < 4.78 is 2.79. The Balaban J connectivity index is 2.95. The van der Waals surface area contributed by atoms with Crippen LogP contribution in [0.1, 0.15) is 0 Å². The first kappa shape index (κ1) is 7.37. The van der Waals surface area contributed by atoms with E-state index in [2.05, 4.69) is 38.3 Å². The molecule has 0 unspecified atom stereocenters. The molecule has 11 heavy (non-hydrogen) atoms. The third kappa shape index (κ3) is 1.12. The zero-order valence-electron chi connectivity index (χ0n) is 5.51. The summed E-state index contributed by atoms with van der Waals surface area (Å²) in [6.45, 7) is 0. The van der Waals surface area contributed by atoms with Gasteiger partial charge in [0, 0.05) is 5.39 Å². The van der Waals surface area contributed by atoms with Crippen molar-refractivity contribution in [2.75, 3.05) is 0 Å². The van der Waals surface area contributed by atoms with Crippen LogP contribution in [0.2, 0.25) is 0 Å². The van der Waals surface area contributed by atoms with Crippen molar-refractivity contribution in [1.82, 2.24) is 3.59 Å². The summed E-state index contributed by atoms with van der Waals surface area (Å²) >= 11 is 6.76. The van der Waals surface area contributed by atoms with Gasteiger partial charge in [-0.15, -0.1) is 0 Å². The topological polar surface area (TPSA) is 4.93 Å². The largest absolute Gasteiger partial charge is 0.273 e. The second kappa shape index (κ2) is 2.64. The predicted molar refractivity (Wildman–Crippen MR) is 52.8 cm³/mol. The molecule has 0 amide bonds. The van der Waals surface area contributed by atoms with E-state index in [4.69, 9.17) is 0 Å². The molecule has 0 N–H and O–H groups in total. The summed E-state index contributed by atoms with van der Waals surface area (Å²) in [5.41, 5.74) is 1.12. The Bertz CT molecular complexity index is 356. The van der Waals surface area contributed by atoms with Crippen molar-refractivity contribution in [3.63, 3.8) is 0 Å². The van der Waals surface area contributed by atoms with E-state index in [-0.39, 0.29) is 0 Å². The minimum Gasteiger partial charge on any atom is -0.273 e. The van der Waals surface area contributed by atoms with E-state index >= 15 is 0 Å². The maximum atomic E-state index is 3.41. The third-order valence-corrected chi connectivity index (χ3v) is 2.71. The number of benzene rings is 1. The van der Waals surface area contributed by atoms with Crippen molar-refractivity contribution in [3.05, 3.63) is 34.9 Å². The second-order valence-corrected chi connectivity index (χ2v) is 3.73. The number of rotatable bonds is 0. The van der Waals surface area contributed by atoms with Gasteiger partial charge in [-0.05, 0) is 22.0 Å². The maximum Gasteiger partial charge on any atom is 0.0932 e. The molecule has 55 valence electrons. The summed E-state index contributed by atoms with van der Waals surface area (Å²) in [5.74, 6) is 0. The minimum atomic E-state index is 0.991. The van der Waals surface area contributed by atoms with Crippen LogP contribution in [-0.4, -0.2) is 3.59 Å². The average Bonchev–Trinajstić information content (AvgIpc) is 2.30. The van der Waals surface area contributed by atoms with E-state index in [1.165, 1.54) is 5.39 Å². The number of hydrogen-bond acceptors (Lipinski definition) is 0. The van der Waals surface area contributed by atoms with E-state index in [0.29, 0.717) is 0 Å². The predicted octanol–water partition coefficient (Wildman–Crippen LogP) is 3.36. The van der Waals surface area contributed by atoms with Gasteiger partial charge in [0.25, 0.3) is 0 Å². The zero-order valence-corrected chi connectivity index (χ0v) is 8.68. The molecule has 0 bridgehead atoms. The molecule has 0 fully saturated rings. The number of halogens is 2. The molecule has 0 aliphatic heterocycles. The molecular weight excluding hydrogens is 270 g/mol. The highest BCUT2D eigenvalue weighted by Crippen LogP contribution is 2.26. The highest BCUT2D eigenvalue weighted by atomic mass is 79.9. The smallest absolute Gasteiger partial charge is 0.0932 e. The van der Waals surface area contributed by atoms with E-state index in [9.17, 15) is 0 Å². The Morgan fingerprint density at radius 2 is 2.00 bits per heavy atom. The van der Waals surface area contributed by atoms with E-state index in [0.717, 1.165) is 9.99 Å². The van der Waals surface area contributed by atoms with Gasteiger partial charge in [-0.3, -0.25) is 3.59 Å². The number of hydrogen-bond donors (Lipinski definition) is 0. The van der Waals surface area contributed by atoms with Crippen LogP contribution in [0, 0.1) is 6.20 Å². The van der Waals surface area contributed by atoms with Crippen molar-refractivity contribution in [1.29, 1.82) is 0 Å². The van der Waals surface area contributed by atoms with Crippen molar-refractivity contribution in [2.24, 2.45) is 0 Å². The van der Waals surface area contributed by atoms with Crippen molar-refractivity contribution in [2.45, 2.75) is 0 Å². The van der Waals surface area contributed by atoms with Gasteiger partial charge in [0.2, 0.25) is 0 Å². The van der Waals surface area contributed by atoms with Crippen LogP contribution in [0.4, 0.5) is 0 Å². The molecule has 2 aromatic rings. The Morgan fingerprint density at radius 3 is 2.73 bits per heavy atom. The quantitative estimate of drug-likeness (QED) is 0.694. The van der Waals surface area contributed by atoms with Crippen LogP contribution >= 0.6 is 32.1 Å². The van der Waals surface area contributed by atoms with Crippen LogP contribution < -0.4 is 0 Å². The molecule has 3 heteroatoms. The summed E-state index contributed by atoms with van der Waals surface area (Å²) in [6.07, 6.45) is 3.07. The lowest BCUT2D eigenvalue weighted by molar-refractivity contribution is 1.36. The summed E-state index contributed by atoms with van der Waals surface area (Å²) in [5, 5.41) is 1.17. The zero-order chi connectivity index (χ0) is 7.84. The summed E-state index contributed by atoms with van der Waals surface area (Å²) in [7, 11) is 0. The first-order valence-electron chi connectivity index (χ1n) is 3.13. The molecule has 0 saturated heterocycles. The van der Waals surface area contributed by atoms with Gasteiger partial charge in [-0.1, -0.05) is 18.2 Å². The average molecular weight is 274 g/mol. The van der Waals surface area contributed by atoms with Gasteiger partial charge in [0.1, 0.15) is 0 Å².